The minimum absolute atomic E-state index is 0. The summed E-state index contributed by atoms with van der Waals surface area (Å²) in [7, 11) is 0. The van der Waals surface area contributed by atoms with Gasteiger partial charge in [-0.3, -0.25) is 28.8 Å². The van der Waals surface area contributed by atoms with E-state index in [1.165, 1.54) is 41.5 Å². The molecule has 0 radical (unpaired) electrons. The van der Waals surface area contributed by atoms with Gasteiger partial charge in [0.1, 0.15) is 34.7 Å². The Morgan fingerprint density at radius 2 is 0.500 bits per heavy atom. The monoisotopic (exact) mass is 348 g/mol. The van der Waals surface area contributed by atoms with E-state index in [-0.39, 0.29) is 75.7 Å². The van der Waals surface area contributed by atoms with E-state index < -0.39 is 0 Å². The third kappa shape index (κ3) is 51.1. The Bertz CT molecular complexity index is 314. The molecule has 122 valence electrons. The van der Waals surface area contributed by atoms with Crippen molar-refractivity contribution < 1.29 is 50.5 Å². The Kier molecular flexibility index (Phi) is 23.3. The first-order valence-electron chi connectivity index (χ1n) is 6.35. The summed E-state index contributed by atoms with van der Waals surface area (Å²) in [5, 5.41) is 0. The van der Waals surface area contributed by atoms with E-state index in [1.54, 1.807) is 0 Å². The van der Waals surface area contributed by atoms with Crippen LogP contribution in [0.3, 0.4) is 0 Å². The minimum atomic E-state index is -0.0625. The van der Waals surface area contributed by atoms with Crippen LogP contribution in [0.5, 0.6) is 0 Å². The number of Topliss-reactive ketones (excluding diaryl/α,β-unsaturated/α-hetero) is 6. The summed E-state index contributed by atoms with van der Waals surface area (Å²) in [5.74, 6) is -0.375. The molecule has 0 rings (SSSR count). The summed E-state index contributed by atoms with van der Waals surface area (Å²) in [4.78, 5) is 60.2. The van der Waals surface area contributed by atoms with Gasteiger partial charge in [0, 0.05) is 0 Å². The van der Waals surface area contributed by atoms with Crippen molar-refractivity contribution in [3.8, 4) is 0 Å². The van der Waals surface area contributed by atoms with E-state index >= 15 is 0 Å². The second-order valence-corrected chi connectivity index (χ2v) is 4.74. The molecule has 0 saturated carbocycles. The van der Waals surface area contributed by atoms with Crippen molar-refractivity contribution >= 4 is 34.7 Å². The maximum atomic E-state index is 10.0. The zero-order valence-corrected chi connectivity index (χ0v) is 15.6. The van der Waals surface area contributed by atoms with Crippen LogP contribution in [0.1, 0.15) is 60.8 Å². The van der Waals surface area contributed by atoms with Gasteiger partial charge in [0.05, 0.1) is 19.3 Å². The average molecular weight is 348 g/mol. The second kappa shape index (κ2) is 17.8. The third-order valence-electron chi connectivity index (χ3n) is 1.49. The Morgan fingerprint density at radius 1 is 0.409 bits per heavy atom. The van der Waals surface area contributed by atoms with Gasteiger partial charge >= 0.3 is 21.7 Å². The van der Waals surface area contributed by atoms with Gasteiger partial charge in [0.2, 0.25) is 0 Å². The average Bonchev–Trinajstić information content (AvgIpc) is 2.10. The van der Waals surface area contributed by atoms with Gasteiger partial charge in [0.15, 0.2) is 0 Å². The fraction of sp³-hybridized carbons (Fsp3) is 0.600. The molecule has 0 aliphatic carbocycles. The van der Waals surface area contributed by atoms with Crippen molar-refractivity contribution in [2.75, 3.05) is 0 Å². The van der Waals surface area contributed by atoms with E-state index in [2.05, 4.69) is 0 Å². The van der Waals surface area contributed by atoms with Gasteiger partial charge in [-0.25, -0.2) is 0 Å². The number of carbonyl (C=O) groups is 6. The summed E-state index contributed by atoms with van der Waals surface area (Å²) >= 11 is 0. The van der Waals surface area contributed by atoms with Crippen molar-refractivity contribution in [1.29, 1.82) is 0 Å². The van der Waals surface area contributed by atoms with Crippen LogP contribution < -0.4 is 0 Å². The van der Waals surface area contributed by atoms with E-state index in [9.17, 15) is 28.8 Å². The van der Waals surface area contributed by atoms with Crippen molar-refractivity contribution in [2.45, 2.75) is 60.8 Å². The van der Waals surface area contributed by atoms with E-state index in [4.69, 9.17) is 0 Å². The first-order valence-corrected chi connectivity index (χ1v) is 6.35. The molecule has 0 aromatic carbocycles. The largest absolute Gasteiger partial charge is 2.00 e. The van der Waals surface area contributed by atoms with Crippen molar-refractivity contribution in [3.63, 3.8) is 0 Å². The summed E-state index contributed by atoms with van der Waals surface area (Å²) in [6.45, 7) is 8.42. The molecule has 0 saturated heterocycles. The predicted molar refractivity (Wildman–Crippen MR) is 77.9 cm³/mol. The molecule has 7 heteroatoms. The van der Waals surface area contributed by atoms with E-state index in [0.29, 0.717) is 0 Å². The molecule has 6 nitrogen and oxygen atoms in total. The molecule has 0 aliphatic heterocycles. The van der Waals surface area contributed by atoms with Crippen molar-refractivity contribution in [3.05, 3.63) is 0 Å². The SMILES string of the molecule is CC(=O)CC(C)=O.CC(=O)CC(C)=O.CC(=O)CC(C)=O.[Ti+2]. The number of carbonyl (C=O) groups excluding carboxylic acids is 6. The fourth-order valence-corrected chi connectivity index (χ4v) is 1.05. The number of ketones is 6. The molecule has 22 heavy (non-hydrogen) atoms. The zero-order valence-electron chi connectivity index (χ0n) is 14.1. The van der Waals surface area contributed by atoms with Gasteiger partial charge in [0.25, 0.3) is 0 Å². The number of rotatable bonds is 6. The Hall–Kier alpha value is -1.27. The van der Waals surface area contributed by atoms with Crippen LogP contribution in [-0.2, 0) is 50.5 Å². The second-order valence-electron chi connectivity index (χ2n) is 4.74. The van der Waals surface area contributed by atoms with E-state index in [0.717, 1.165) is 0 Å². The molecule has 0 fully saturated rings. The minimum Gasteiger partial charge on any atom is -0.300 e. The first-order chi connectivity index (χ1) is 9.38. The maximum Gasteiger partial charge on any atom is 2.00 e. The van der Waals surface area contributed by atoms with Crippen LogP contribution in [-0.4, -0.2) is 34.7 Å². The van der Waals surface area contributed by atoms with Crippen LogP contribution in [0.15, 0.2) is 0 Å². The summed E-state index contributed by atoms with van der Waals surface area (Å²) in [5.41, 5.74) is 0. The molecular weight excluding hydrogens is 324 g/mol. The van der Waals surface area contributed by atoms with Crippen LogP contribution in [0.4, 0.5) is 0 Å². The van der Waals surface area contributed by atoms with Crippen LogP contribution in [0, 0.1) is 0 Å². The number of hydrogen-bond acceptors (Lipinski definition) is 6. The van der Waals surface area contributed by atoms with Crippen molar-refractivity contribution in [2.24, 2.45) is 0 Å². The fourth-order valence-electron chi connectivity index (χ4n) is 1.05. The molecule has 0 aliphatic rings. The van der Waals surface area contributed by atoms with Crippen LogP contribution in [0.2, 0.25) is 0 Å². The summed E-state index contributed by atoms with van der Waals surface area (Å²) < 4.78 is 0. The topological polar surface area (TPSA) is 102 Å². The smallest absolute Gasteiger partial charge is 0.300 e. The molecular formula is C15H24O6Ti+2. The molecule has 0 spiro atoms. The first kappa shape index (κ1) is 28.8. The van der Waals surface area contributed by atoms with E-state index in [1.807, 2.05) is 0 Å². The molecule has 0 aromatic heterocycles. The quantitative estimate of drug-likeness (QED) is 0.534. The zero-order chi connectivity index (χ0) is 17.6. The molecule has 0 N–H and O–H groups in total. The molecule has 0 amide bonds. The molecule has 0 atom stereocenters. The van der Waals surface area contributed by atoms with Gasteiger partial charge in [-0.05, 0) is 41.5 Å². The van der Waals surface area contributed by atoms with Crippen LogP contribution >= 0.6 is 0 Å². The Balaban J connectivity index is -0.000000108. The molecule has 0 aromatic rings. The third-order valence-corrected chi connectivity index (χ3v) is 1.49. The maximum absolute atomic E-state index is 10.0. The summed E-state index contributed by atoms with van der Waals surface area (Å²) in [6, 6.07) is 0. The standard InChI is InChI=1S/3C5H8O2.Ti/c3*1-4(6)3-5(2)7;/h3*3H2,1-2H3;/q;;;+2. The van der Waals surface area contributed by atoms with Crippen LogP contribution in [0.25, 0.3) is 0 Å². The van der Waals surface area contributed by atoms with Gasteiger partial charge in [-0.1, -0.05) is 0 Å². The Morgan fingerprint density at radius 3 is 0.500 bits per heavy atom. The van der Waals surface area contributed by atoms with Gasteiger partial charge < -0.3 is 0 Å². The normalized spacial score (nSPS) is 7.91. The predicted octanol–water partition coefficient (Wildman–Crippen LogP) is 1.66. The van der Waals surface area contributed by atoms with Crippen molar-refractivity contribution in [1.82, 2.24) is 0 Å². The van der Waals surface area contributed by atoms with Gasteiger partial charge in [-0.2, -0.15) is 0 Å². The Labute approximate surface area is 146 Å². The molecule has 0 unspecified atom stereocenters. The summed E-state index contributed by atoms with van der Waals surface area (Å²) in [6.07, 6.45) is 0.250. The molecule has 0 bridgehead atoms. The molecule has 0 heterocycles. The number of hydrogen-bond donors (Lipinski definition) is 0. The van der Waals surface area contributed by atoms with Gasteiger partial charge in [-0.15, -0.1) is 0 Å².